The van der Waals surface area contributed by atoms with Gasteiger partial charge in [0.25, 0.3) is 5.91 Å². The van der Waals surface area contributed by atoms with Gasteiger partial charge in [0.05, 0.1) is 0 Å². The third-order valence-electron chi connectivity index (χ3n) is 3.44. The van der Waals surface area contributed by atoms with Gasteiger partial charge in [0, 0.05) is 19.6 Å². The lowest BCUT2D eigenvalue weighted by atomic mass is 10.2. The zero-order valence-corrected chi connectivity index (χ0v) is 10.8. The van der Waals surface area contributed by atoms with Gasteiger partial charge in [-0.15, -0.1) is 0 Å². The molecule has 18 heavy (non-hydrogen) atoms. The minimum absolute atomic E-state index is 0.165. The molecule has 1 saturated heterocycles. The Bertz CT molecular complexity index is 438. The topological polar surface area (TPSA) is 36.4 Å². The van der Waals surface area contributed by atoms with E-state index >= 15 is 0 Å². The Morgan fingerprint density at radius 2 is 2.39 bits per heavy atom. The second kappa shape index (κ2) is 5.44. The highest BCUT2D eigenvalue weighted by atomic mass is 19.1. The van der Waals surface area contributed by atoms with Crippen molar-refractivity contribution in [2.75, 3.05) is 27.2 Å². The number of carbonyl (C=O) groups excluding carboxylic acids is 1. The predicted octanol–water partition coefficient (Wildman–Crippen LogP) is 1.39. The largest absolute Gasteiger partial charge is 0.339 e. The van der Waals surface area contributed by atoms with E-state index in [9.17, 15) is 9.18 Å². The molecule has 2 rings (SSSR count). The fourth-order valence-electron chi connectivity index (χ4n) is 2.33. The summed E-state index contributed by atoms with van der Waals surface area (Å²) in [4.78, 5) is 19.6. The molecule has 1 aromatic heterocycles. The summed E-state index contributed by atoms with van der Waals surface area (Å²) in [5, 5.41) is 0. The maximum absolute atomic E-state index is 13.0. The molecule has 4 nitrogen and oxygen atoms in total. The molecule has 98 valence electrons. The van der Waals surface area contributed by atoms with Crippen molar-refractivity contribution in [3.05, 3.63) is 29.8 Å². The molecule has 1 aromatic rings. The average Bonchev–Trinajstić information content (AvgIpc) is 2.74. The number of carbonyl (C=O) groups is 1. The number of nitrogens with zero attached hydrogens (tertiary/aromatic N) is 3. The van der Waals surface area contributed by atoms with Crippen LogP contribution in [0.3, 0.4) is 0 Å². The predicted molar refractivity (Wildman–Crippen MR) is 66.8 cm³/mol. The minimum atomic E-state index is -0.618. The average molecular weight is 251 g/mol. The van der Waals surface area contributed by atoms with E-state index in [1.54, 1.807) is 18.0 Å². The molecule has 1 amide bonds. The van der Waals surface area contributed by atoms with Crippen molar-refractivity contribution in [3.63, 3.8) is 0 Å². The van der Waals surface area contributed by atoms with Gasteiger partial charge in [0.2, 0.25) is 5.95 Å². The number of amides is 1. The van der Waals surface area contributed by atoms with Gasteiger partial charge < -0.3 is 9.80 Å². The molecule has 5 heteroatoms. The molecule has 0 spiro atoms. The Balaban J connectivity index is 2.00. The third-order valence-corrected chi connectivity index (χ3v) is 3.44. The summed E-state index contributed by atoms with van der Waals surface area (Å²) in [7, 11) is 3.80. The lowest BCUT2D eigenvalue weighted by Crippen LogP contribution is -2.39. The number of likely N-dealkylation sites (N-methyl/N-ethyl adjacent to an activating group) is 2. The standard InChI is InChI=1S/C13H18FN3O/c1-16-8-4-5-10(16)9-17(2)13(18)11-6-3-7-12(14)15-11/h3,6-7,10H,4-5,8-9H2,1-2H3. The van der Waals surface area contributed by atoms with Crippen LogP contribution in [0, 0.1) is 5.95 Å². The maximum atomic E-state index is 13.0. The number of pyridine rings is 1. The van der Waals surface area contributed by atoms with Gasteiger partial charge in [-0.3, -0.25) is 4.79 Å². The summed E-state index contributed by atoms with van der Waals surface area (Å²) < 4.78 is 13.0. The fraction of sp³-hybridized carbons (Fsp3) is 0.538. The molecule has 1 fully saturated rings. The number of hydrogen-bond donors (Lipinski definition) is 0. The molecule has 0 radical (unpaired) electrons. The lowest BCUT2D eigenvalue weighted by Gasteiger charge is -2.25. The lowest BCUT2D eigenvalue weighted by molar-refractivity contribution is 0.0754. The van der Waals surface area contributed by atoms with Gasteiger partial charge in [-0.05, 0) is 38.6 Å². The van der Waals surface area contributed by atoms with Crippen molar-refractivity contribution in [3.8, 4) is 0 Å². The number of hydrogen-bond acceptors (Lipinski definition) is 3. The first-order chi connectivity index (χ1) is 8.58. The first-order valence-corrected chi connectivity index (χ1v) is 6.16. The second-order valence-corrected chi connectivity index (χ2v) is 4.81. The van der Waals surface area contributed by atoms with E-state index in [1.807, 2.05) is 0 Å². The van der Waals surface area contributed by atoms with E-state index in [-0.39, 0.29) is 11.6 Å². The van der Waals surface area contributed by atoms with E-state index in [2.05, 4.69) is 16.9 Å². The maximum Gasteiger partial charge on any atom is 0.272 e. The Labute approximate surface area is 106 Å². The molecule has 1 aliphatic heterocycles. The molecule has 0 saturated carbocycles. The highest BCUT2D eigenvalue weighted by molar-refractivity contribution is 5.92. The number of aromatic nitrogens is 1. The van der Waals surface area contributed by atoms with Crippen LogP contribution in [0.1, 0.15) is 23.3 Å². The summed E-state index contributed by atoms with van der Waals surface area (Å²) in [5.74, 6) is -0.845. The van der Waals surface area contributed by atoms with Gasteiger partial charge in [-0.2, -0.15) is 4.39 Å². The molecule has 1 atom stereocenters. The molecule has 0 N–H and O–H groups in total. The van der Waals surface area contributed by atoms with Crippen molar-refractivity contribution in [1.29, 1.82) is 0 Å². The first kappa shape index (κ1) is 13.0. The quantitative estimate of drug-likeness (QED) is 0.762. The summed E-state index contributed by atoms with van der Waals surface area (Å²) in [6.45, 7) is 1.73. The Hall–Kier alpha value is -1.49. The summed E-state index contributed by atoms with van der Waals surface area (Å²) in [6, 6.07) is 4.68. The SMILES string of the molecule is CN(CC1CCCN1C)C(=O)c1cccc(F)n1. The zero-order valence-electron chi connectivity index (χ0n) is 10.8. The number of rotatable bonds is 3. The van der Waals surface area contributed by atoms with E-state index in [1.165, 1.54) is 18.6 Å². The summed E-state index contributed by atoms with van der Waals surface area (Å²) >= 11 is 0. The van der Waals surface area contributed by atoms with E-state index in [0.29, 0.717) is 12.6 Å². The molecule has 1 aliphatic rings. The molecule has 0 aromatic carbocycles. The Kier molecular flexibility index (Phi) is 3.91. The molecular weight excluding hydrogens is 233 g/mol. The van der Waals surface area contributed by atoms with Crippen molar-refractivity contribution in [2.24, 2.45) is 0 Å². The monoisotopic (exact) mass is 251 g/mol. The van der Waals surface area contributed by atoms with Crippen LogP contribution >= 0.6 is 0 Å². The van der Waals surface area contributed by atoms with Crippen molar-refractivity contribution < 1.29 is 9.18 Å². The van der Waals surface area contributed by atoms with Crippen molar-refractivity contribution in [2.45, 2.75) is 18.9 Å². The van der Waals surface area contributed by atoms with Crippen LogP contribution in [-0.2, 0) is 0 Å². The summed E-state index contributed by atoms with van der Waals surface area (Å²) in [5.41, 5.74) is 0.165. The fourth-order valence-corrected chi connectivity index (χ4v) is 2.33. The number of likely N-dealkylation sites (tertiary alicyclic amines) is 1. The highest BCUT2D eigenvalue weighted by Crippen LogP contribution is 2.16. The van der Waals surface area contributed by atoms with Crippen LogP contribution in [0.5, 0.6) is 0 Å². The number of halogens is 1. The first-order valence-electron chi connectivity index (χ1n) is 6.16. The third kappa shape index (κ3) is 2.85. The normalized spacial score (nSPS) is 20.1. The van der Waals surface area contributed by atoms with Crippen molar-refractivity contribution in [1.82, 2.24) is 14.8 Å². The molecule has 0 bridgehead atoms. The van der Waals surface area contributed by atoms with Gasteiger partial charge in [-0.25, -0.2) is 4.98 Å². The second-order valence-electron chi connectivity index (χ2n) is 4.81. The van der Waals surface area contributed by atoms with Crippen LogP contribution in [0.4, 0.5) is 4.39 Å². The van der Waals surface area contributed by atoms with Crippen LogP contribution < -0.4 is 0 Å². The van der Waals surface area contributed by atoms with Crippen LogP contribution in [0.25, 0.3) is 0 Å². The molecule has 2 heterocycles. The minimum Gasteiger partial charge on any atom is -0.339 e. The molecular formula is C13H18FN3O. The van der Waals surface area contributed by atoms with Gasteiger partial charge >= 0.3 is 0 Å². The Morgan fingerprint density at radius 1 is 1.61 bits per heavy atom. The van der Waals surface area contributed by atoms with Gasteiger partial charge in [0.1, 0.15) is 5.69 Å². The molecule has 0 aliphatic carbocycles. The van der Waals surface area contributed by atoms with E-state index in [0.717, 1.165) is 13.0 Å². The van der Waals surface area contributed by atoms with Crippen LogP contribution in [0.2, 0.25) is 0 Å². The summed E-state index contributed by atoms with van der Waals surface area (Å²) in [6.07, 6.45) is 2.27. The Morgan fingerprint density at radius 3 is 3.00 bits per heavy atom. The van der Waals surface area contributed by atoms with Crippen LogP contribution in [0.15, 0.2) is 18.2 Å². The highest BCUT2D eigenvalue weighted by Gasteiger charge is 2.24. The van der Waals surface area contributed by atoms with Crippen LogP contribution in [-0.4, -0.2) is 53.9 Å². The van der Waals surface area contributed by atoms with Gasteiger partial charge in [-0.1, -0.05) is 6.07 Å². The molecule has 1 unspecified atom stereocenters. The van der Waals surface area contributed by atoms with E-state index in [4.69, 9.17) is 0 Å². The van der Waals surface area contributed by atoms with Gasteiger partial charge in [0.15, 0.2) is 0 Å². The van der Waals surface area contributed by atoms with Crippen molar-refractivity contribution >= 4 is 5.91 Å². The van der Waals surface area contributed by atoms with E-state index < -0.39 is 5.95 Å². The smallest absolute Gasteiger partial charge is 0.272 e. The zero-order chi connectivity index (χ0) is 13.1.